The Morgan fingerprint density at radius 2 is 1.90 bits per heavy atom. The van der Waals surface area contributed by atoms with Crippen LogP contribution in [0.15, 0.2) is 18.2 Å². The molecule has 0 aliphatic rings. The van der Waals surface area contributed by atoms with Crippen molar-refractivity contribution in [3.05, 3.63) is 23.8 Å². The number of rotatable bonds is 7. The van der Waals surface area contributed by atoms with E-state index in [0.29, 0.717) is 17.7 Å². The topological polar surface area (TPSA) is 44.7 Å². The summed E-state index contributed by atoms with van der Waals surface area (Å²) >= 11 is 0. The lowest BCUT2D eigenvalue weighted by Gasteiger charge is -2.29. The molecule has 20 heavy (non-hydrogen) atoms. The van der Waals surface area contributed by atoms with Gasteiger partial charge in [-0.15, -0.1) is 0 Å². The molecule has 0 heterocycles. The minimum Gasteiger partial charge on any atom is -0.507 e. The number of aromatic hydroxyl groups is 1. The minimum absolute atomic E-state index is 0.0992. The number of nitrogens with zero attached hydrogens (tertiary/aromatic N) is 1. The predicted octanol–water partition coefficient (Wildman–Crippen LogP) is 2.64. The molecule has 0 aliphatic heterocycles. The van der Waals surface area contributed by atoms with Crippen molar-refractivity contribution in [2.24, 2.45) is 5.92 Å². The van der Waals surface area contributed by atoms with Gasteiger partial charge in [-0.2, -0.15) is 0 Å². The highest BCUT2D eigenvalue weighted by Crippen LogP contribution is 2.28. The summed E-state index contributed by atoms with van der Waals surface area (Å²) in [5, 5.41) is 13.5. The Kier molecular flexibility index (Phi) is 6.30. The van der Waals surface area contributed by atoms with Gasteiger partial charge in [0.15, 0.2) is 0 Å². The van der Waals surface area contributed by atoms with Crippen LogP contribution >= 0.6 is 0 Å². The highest BCUT2D eigenvalue weighted by Gasteiger charge is 2.18. The summed E-state index contributed by atoms with van der Waals surface area (Å²) in [4.78, 5) is 2.23. The van der Waals surface area contributed by atoms with Crippen molar-refractivity contribution in [3.8, 4) is 11.5 Å². The Morgan fingerprint density at radius 1 is 1.25 bits per heavy atom. The average Bonchev–Trinajstić information content (AvgIpc) is 2.37. The smallest absolute Gasteiger partial charge is 0.124 e. The molecule has 0 fully saturated rings. The third-order valence-corrected chi connectivity index (χ3v) is 3.77. The first-order valence-corrected chi connectivity index (χ1v) is 7.13. The first-order valence-electron chi connectivity index (χ1n) is 7.13. The summed E-state index contributed by atoms with van der Waals surface area (Å²) in [7, 11) is 5.80. The molecule has 0 aromatic heterocycles. The van der Waals surface area contributed by atoms with Gasteiger partial charge in [0, 0.05) is 30.3 Å². The van der Waals surface area contributed by atoms with Crippen molar-refractivity contribution in [2.75, 3.05) is 27.7 Å². The Morgan fingerprint density at radius 3 is 2.35 bits per heavy atom. The fourth-order valence-electron chi connectivity index (χ4n) is 2.44. The van der Waals surface area contributed by atoms with Gasteiger partial charge >= 0.3 is 0 Å². The second-order valence-electron chi connectivity index (χ2n) is 5.83. The largest absolute Gasteiger partial charge is 0.507 e. The van der Waals surface area contributed by atoms with Crippen LogP contribution in [0.1, 0.15) is 32.4 Å². The van der Waals surface area contributed by atoms with Crippen molar-refractivity contribution < 1.29 is 9.84 Å². The number of hydrogen-bond donors (Lipinski definition) is 2. The van der Waals surface area contributed by atoms with Gasteiger partial charge in [-0.1, -0.05) is 19.9 Å². The molecule has 0 bridgehead atoms. The standard InChI is InChI=1S/C16H28N2O2/c1-11(2)15(18(4)5)10-17-12(3)14-8-7-13(20-6)9-16(14)19/h7-9,11-12,15,17,19H,10H2,1-6H3. The molecule has 1 rings (SSSR count). The number of likely N-dealkylation sites (N-methyl/N-ethyl adjacent to an activating group) is 1. The highest BCUT2D eigenvalue weighted by molar-refractivity contribution is 5.41. The van der Waals surface area contributed by atoms with E-state index in [2.05, 4.69) is 45.1 Å². The average molecular weight is 280 g/mol. The SMILES string of the molecule is COc1ccc(C(C)NCC(C(C)C)N(C)C)c(O)c1. The summed E-state index contributed by atoms with van der Waals surface area (Å²) in [6.45, 7) is 7.40. The molecule has 0 aliphatic carbocycles. The van der Waals surface area contributed by atoms with Crippen molar-refractivity contribution in [1.82, 2.24) is 10.2 Å². The molecule has 4 heteroatoms. The summed E-state index contributed by atoms with van der Waals surface area (Å²) < 4.78 is 5.10. The Bertz CT molecular complexity index is 411. The van der Waals surface area contributed by atoms with Crippen LogP contribution < -0.4 is 10.1 Å². The van der Waals surface area contributed by atoms with Gasteiger partial charge in [-0.05, 0) is 33.0 Å². The maximum atomic E-state index is 10.0. The minimum atomic E-state index is 0.0992. The van der Waals surface area contributed by atoms with Crippen molar-refractivity contribution in [3.63, 3.8) is 0 Å². The molecule has 2 N–H and O–H groups in total. The van der Waals surface area contributed by atoms with Gasteiger partial charge < -0.3 is 20.1 Å². The van der Waals surface area contributed by atoms with E-state index >= 15 is 0 Å². The highest BCUT2D eigenvalue weighted by atomic mass is 16.5. The normalized spacial score (nSPS) is 14.6. The van der Waals surface area contributed by atoms with Crippen molar-refractivity contribution >= 4 is 0 Å². The van der Waals surface area contributed by atoms with Crippen LogP contribution in [0.25, 0.3) is 0 Å². The molecule has 0 saturated heterocycles. The fraction of sp³-hybridized carbons (Fsp3) is 0.625. The molecule has 0 spiro atoms. The number of phenolic OH excluding ortho intramolecular Hbond substituents is 1. The van der Waals surface area contributed by atoms with Crippen LogP contribution in [0, 0.1) is 5.92 Å². The van der Waals surface area contributed by atoms with Crippen LogP contribution in [0.5, 0.6) is 11.5 Å². The first kappa shape index (κ1) is 16.8. The molecule has 0 amide bonds. The van der Waals surface area contributed by atoms with E-state index in [1.807, 2.05) is 12.1 Å². The summed E-state index contributed by atoms with van der Waals surface area (Å²) in [5.74, 6) is 1.52. The van der Waals surface area contributed by atoms with Crippen LogP contribution in [-0.2, 0) is 0 Å². The molecule has 1 aromatic carbocycles. The lowest BCUT2D eigenvalue weighted by Crippen LogP contribution is -2.42. The lowest BCUT2D eigenvalue weighted by atomic mass is 10.0. The van der Waals surface area contributed by atoms with E-state index in [1.54, 1.807) is 13.2 Å². The van der Waals surface area contributed by atoms with Crippen LogP contribution in [-0.4, -0.2) is 43.8 Å². The molecule has 0 radical (unpaired) electrons. The zero-order valence-electron chi connectivity index (χ0n) is 13.5. The van der Waals surface area contributed by atoms with Gasteiger partial charge in [-0.3, -0.25) is 0 Å². The number of methoxy groups -OCH3 is 1. The van der Waals surface area contributed by atoms with E-state index in [4.69, 9.17) is 4.74 Å². The van der Waals surface area contributed by atoms with Gasteiger partial charge in [0.25, 0.3) is 0 Å². The zero-order valence-corrected chi connectivity index (χ0v) is 13.5. The maximum absolute atomic E-state index is 10.0. The quantitative estimate of drug-likeness (QED) is 0.806. The molecular weight excluding hydrogens is 252 g/mol. The van der Waals surface area contributed by atoms with Crippen LogP contribution in [0.4, 0.5) is 0 Å². The predicted molar refractivity (Wildman–Crippen MR) is 83.4 cm³/mol. The van der Waals surface area contributed by atoms with Gasteiger partial charge in [0.1, 0.15) is 11.5 Å². The van der Waals surface area contributed by atoms with E-state index in [9.17, 15) is 5.11 Å². The number of hydrogen-bond acceptors (Lipinski definition) is 4. The van der Waals surface area contributed by atoms with E-state index < -0.39 is 0 Å². The number of nitrogens with one attached hydrogen (secondary N) is 1. The van der Waals surface area contributed by atoms with Gasteiger partial charge in [-0.25, -0.2) is 0 Å². The summed E-state index contributed by atoms with van der Waals surface area (Å²) in [6, 6.07) is 6.00. The molecule has 0 saturated carbocycles. The van der Waals surface area contributed by atoms with Gasteiger partial charge in [0.2, 0.25) is 0 Å². The van der Waals surface area contributed by atoms with Crippen molar-refractivity contribution in [1.29, 1.82) is 0 Å². The lowest BCUT2D eigenvalue weighted by molar-refractivity contribution is 0.219. The van der Waals surface area contributed by atoms with Crippen LogP contribution in [0.2, 0.25) is 0 Å². The second kappa shape index (κ2) is 7.50. The molecule has 1 aromatic rings. The molecular formula is C16H28N2O2. The molecule has 2 atom stereocenters. The molecule has 4 nitrogen and oxygen atoms in total. The molecule has 114 valence electrons. The van der Waals surface area contributed by atoms with E-state index in [-0.39, 0.29) is 11.8 Å². The second-order valence-corrected chi connectivity index (χ2v) is 5.83. The monoisotopic (exact) mass is 280 g/mol. The van der Waals surface area contributed by atoms with Gasteiger partial charge in [0.05, 0.1) is 7.11 Å². The number of benzene rings is 1. The summed E-state index contributed by atoms with van der Waals surface area (Å²) in [6.07, 6.45) is 0. The Hall–Kier alpha value is -1.26. The summed E-state index contributed by atoms with van der Waals surface area (Å²) in [5.41, 5.74) is 0.895. The Labute approximate surface area is 122 Å². The Balaban J connectivity index is 2.69. The first-order chi connectivity index (χ1) is 9.36. The number of phenols is 1. The molecule has 2 unspecified atom stereocenters. The maximum Gasteiger partial charge on any atom is 0.124 e. The number of ether oxygens (including phenoxy) is 1. The van der Waals surface area contributed by atoms with E-state index in [0.717, 1.165) is 12.1 Å². The third kappa shape index (κ3) is 4.39. The zero-order chi connectivity index (χ0) is 15.3. The third-order valence-electron chi connectivity index (χ3n) is 3.77. The van der Waals surface area contributed by atoms with Crippen LogP contribution in [0.3, 0.4) is 0 Å². The van der Waals surface area contributed by atoms with E-state index in [1.165, 1.54) is 0 Å². The fourth-order valence-corrected chi connectivity index (χ4v) is 2.44. The van der Waals surface area contributed by atoms with Crippen molar-refractivity contribution in [2.45, 2.75) is 32.9 Å².